The van der Waals surface area contributed by atoms with Gasteiger partial charge < -0.3 is 15.4 Å². The Morgan fingerprint density at radius 3 is 2.63 bits per heavy atom. The number of carbonyl (C=O) groups excluding carboxylic acids is 2. The van der Waals surface area contributed by atoms with E-state index in [1.54, 1.807) is 10.6 Å². The van der Waals surface area contributed by atoms with E-state index in [9.17, 15) is 9.59 Å². The van der Waals surface area contributed by atoms with Crippen molar-refractivity contribution in [3.05, 3.63) is 77.7 Å². The summed E-state index contributed by atoms with van der Waals surface area (Å²) >= 11 is 0. The summed E-state index contributed by atoms with van der Waals surface area (Å²) in [5.74, 6) is 0.0335. The van der Waals surface area contributed by atoms with E-state index in [4.69, 9.17) is 4.74 Å². The second kappa shape index (κ2) is 9.58. The zero-order valence-electron chi connectivity index (χ0n) is 19.7. The number of esters is 1. The topological polar surface area (TPSA) is 98.1 Å². The largest absolute Gasteiger partial charge is 0.461 e. The lowest BCUT2D eigenvalue weighted by molar-refractivity contribution is 0.0496. The number of carbonyl (C=O) groups is 2. The fourth-order valence-electron chi connectivity index (χ4n) is 3.89. The molecule has 2 aromatic heterocycles. The van der Waals surface area contributed by atoms with Crippen LogP contribution in [-0.4, -0.2) is 39.1 Å². The zero-order chi connectivity index (χ0) is 24.4. The number of nitrogens with one attached hydrogen (secondary N) is 2. The van der Waals surface area contributed by atoms with Gasteiger partial charge in [-0.05, 0) is 62.1 Å². The molecular formula is C27H27N5O3. The van der Waals surface area contributed by atoms with Gasteiger partial charge in [0, 0.05) is 23.0 Å². The number of hydrogen-bond donors (Lipinski definition) is 2. The molecule has 8 nitrogen and oxygen atoms in total. The molecule has 8 heteroatoms. The lowest BCUT2D eigenvalue weighted by Crippen LogP contribution is -2.25. The summed E-state index contributed by atoms with van der Waals surface area (Å²) in [6.07, 6.45) is 4.25. The minimum atomic E-state index is -0.422. The van der Waals surface area contributed by atoms with Crippen molar-refractivity contribution in [2.45, 2.75) is 39.2 Å². The van der Waals surface area contributed by atoms with Crippen molar-refractivity contribution in [3.63, 3.8) is 0 Å². The summed E-state index contributed by atoms with van der Waals surface area (Å²) in [6, 6.07) is 17.1. The zero-order valence-corrected chi connectivity index (χ0v) is 19.7. The van der Waals surface area contributed by atoms with E-state index in [1.165, 1.54) is 6.33 Å². The first kappa shape index (κ1) is 22.6. The maximum absolute atomic E-state index is 12.9. The number of aromatic nitrogens is 3. The highest BCUT2D eigenvalue weighted by Crippen LogP contribution is 2.31. The maximum Gasteiger partial charge on any atom is 0.355 e. The molecule has 0 aliphatic heterocycles. The molecule has 5 rings (SSSR count). The number of benzene rings is 2. The lowest BCUT2D eigenvalue weighted by Gasteiger charge is -2.12. The van der Waals surface area contributed by atoms with Crippen molar-refractivity contribution in [2.75, 3.05) is 11.9 Å². The Balaban J connectivity index is 1.56. The number of fused-ring (bicyclic) bond motifs is 1. The molecule has 1 fully saturated rings. The van der Waals surface area contributed by atoms with Crippen LogP contribution in [0.3, 0.4) is 0 Å². The van der Waals surface area contributed by atoms with E-state index < -0.39 is 5.97 Å². The second-order valence-corrected chi connectivity index (χ2v) is 8.70. The Morgan fingerprint density at radius 1 is 1.09 bits per heavy atom. The second-order valence-electron chi connectivity index (χ2n) is 8.70. The van der Waals surface area contributed by atoms with Gasteiger partial charge in [0.15, 0.2) is 5.65 Å². The minimum Gasteiger partial charge on any atom is -0.461 e. The minimum absolute atomic E-state index is 0.0837. The van der Waals surface area contributed by atoms with Gasteiger partial charge in [-0.1, -0.05) is 31.2 Å². The number of amides is 1. The van der Waals surface area contributed by atoms with E-state index in [0.717, 1.165) is 36.2 Å². The van der Waals surface area contributed by atoms with Gasteiger partial charge >= 0.3 is 5.97 Å². The molecule has 0 bridgehead atoms. The monoisotopic (exact) mass is 469 g/mol. The van der Waals surface area contributed by atoms with Crippen molar-refractivity contribution in [3.8, 4) is 5.69 Å². The first-order valence-corrected chi connectivity index (χ1v) is 11.8. The number of anilines is 2. The van der Waals surface area contributed by atoms with Crippen LogP contribution in [0.25, 0.3) is 16.7 Å². The van der Waals surface area contributed by atoms with Gasteiger partial charge in [-0.2, -0.15) is 0 Å². The smallest absolute Gasteiger partial charge is 0.355 e. The summed E-state index contributed by atoms with van der Waals surface area (Å²) in [4.78, 5) is 34.5. The molecule has 2 N–H and O–H groups in total. The number of ether oxygens (including phenoxy) is 1. The van der Waals surface area contributed by atoms with E-state index in [1.807, 2.05) is 62.4 Å². The number of hydrogen-bond acceptors (Lipinski definition) is 6. The van der Waals surface area contributed by atoms with Crippen LogP contribution in [0.15, 0.2) is 60.9 Å². The Bertz CT molecular complexity index is 1390. The van der Waals surface area contributed by atoms with Crippen LogP contribution in [-0.2, 0) is 4.74 Å². The molecular weight excluding hydrogens is 442 g/mol. The molecule has 1 aliphatic carbocycles. The van der Waals surface area contributed by atoms with E-state index in [2.05, 4.69) is 20.6 Å². The van der Waals surface area contributed by atoms with Gasteiger partial charge in [0.25, 0.3) is 5.91 Å². The summed E-state index contributed by atoms with van der Waals surface area (Å²) in [7, 11) is 0. The normalized spacial score (nSPS) is 13.0. The van der Waals surface area contributed by atoms with E-state index >= 15 is 0 Å². The summed E-state index contributed by atoms with van der Waals surface area (Å²) in [5.41, 5.74) is 4.06. The molecule has 178 valence electrons. The molecule has 0 spiro atoms. The predicted octanol–water partition coefficient (Wildman–Crippen LogP) is 4.93. The Morgan fingerprint density at radius 2 is 1.89 bits per heavy atom. The number of aryl methyl sites for hydroxylation is 1. The molecule has 1 saturated carbocycles. The van der Waals surface area contributed by atoms with Crippen molar-refractivity contribution in [1.82, 2.24) is 19.9 Å². The molecule has 0 atom stereocenters. The van der Waals surface area contributed by atoms with Crippen LogP contribution >= 0.6 is 0 Å². The molecule has 0 saturated heterocycles. The van der Waals surface area contributed by atoms with Crippen molar-refractivity contribution >= 4 is 34.4 Å². The average molecular weight is 470 g/mol. The van der Waals surface area contributed by atoms with Crippen molar-refractivity contribution in [2.24, 2.45) is 0 Å². The molecule has 0 unspecified atom stereocenters. The van der Waals surface area contributed by atoms with Gasteiger partial charge in [0.05, 0.1) is 12.0 Å². The highest BCUT2D eigenvalue weighted by atomic mass is 16.5. The standard InChI is InChI=1S/C27H27N5O3/c1-3-13-35-27(34)23-15-21-24(28-16-29-25(21)32(23)20-7-5-4-6-8-20)31-22-14-18(10-9-17(22)2)26(33)30-19-11-12-19/h4-10,14-16,19H,3,11-13H2,1-2H3,(H,30,33)(H,28,29,31). The SMILES string of the molecule is CCCOC(=O)c1cc2c(Nc3cc(C(=O)NC4CC4)ccc3C)ncnc2n1-c1ccccc1. The Kier molecular flexibility index (Phi) is 6.18. The van der Waals surface area contributed by atoms with Gasteiger partial charge in [-0.3, -0.25) is 9.36 Å². The maximum atomic E-state index is 12.9. The molecule has 4 aromatic rings. The average Bonchev–Trinajstić information content (AvgIpc) is 3.60. The van der Waals surface area contributed by atoms with Crippen LogP contribution in [0.4, 0.5) is 11.5 Å². The van der Waals surface area contributed by atoms with Crippen LogP contribution in [0, 0.1) is 6.92 Å². The van der Waals surface area contributed by atoms with Gasteiger partial charge in [0.1, 0.15) is 17.8 Å². The molecule has 1 aliphatic rings. The quantitative estimate of drug-likeness (QED) is 0.355. The summed E-state index contributed by atoms with van der Waals surface area (Å²) in [5, 5.41) is 7.05. The number of para-hydroxylation sites is 1. The van der Waals surface area contributed by atoms with Crippen LogP contribution in [0.5, 0.6) is 0 Å². The molecule has 0 radical (unpaired) electrons. The van der Waals surface area contributed by atoms with Crippen LogP contribution in [0.1, 0.15) is 52.6 Å². The summed E-state index contributed by atoms with van der Waals surface area (Å²) in [6.45, 7) is 4.25. The van der Waals surface area contributed by atoms with Crippen molar-refractivity contribution in [1.29, 1.82) is 0 Å². The third-order valence-corrected chi connectivity index (χ3v) is 5.92. The highest BCUT2D eigenvalue weighted by molar-refractivity contribution is 6.00. The molecule has 35 heavy (non-hydrogen) atoms. The molecule has 2 aromatic carbocycles. The fourth-order valence-corrected chi connectivity index (χ4v) is 3.89. The lowest BCUT2D eigenvalue weighted by atomic mass is 10.1. The molecule has 2 heterocycles. The van der Waals surface area contributed by atoms with Gasteiger partial charge in [-0.25, -0.2) is 14.8 Å². The third-order valence-electron chi connectivity index (χ3n) is 5.92. The highest BCUT2D eigenvalue weighted by Gasteiger charge is 2.24. The molecule has 1 amide bonds. The van der Waals surface area contributed by atoms with Gasteiger partial charge in [-0.15, -0.1) is 0 Å². The first-order valence-electron chi connectivity index (χ1n) is 11.8. The van der Waals surface area contributed by atoms with Crippen LogP contribution < -0.4 is 10.6 Å². The fraction of sp³-hybridized carbons (Fsp3) is 0.259. The van der Waals surface area contributed by atoms with Crippen LogP contribution in [0.2, 0.25) is 0 Å². The van der Waals surface area contributed by atoms with Gasteiger partial charge in [0.2, 0.25) is 0 Å². The number of rotatable bonds is 8. The van der Waals surface area contributed by atoms with E-state index in [0.29, 0.717) is 34.7 Å². The Hall–Kier alpha value is -4.20. The number of nitrogens with zero attached hydrogens (tertiary/aromatic N) is 3. The van der Waals surface area contributed by atoms with Crippen molar-refractivity contribution < 1.29 is 14.3 Å². The third kappa shape index (κ3) is 4.73. The summed E-state index contributed by atoms with van der Waals surface area (Å²) < 4.78 is 7.24. The predicted molar refractivity (Wildman–Crippen MR) is 134 cm³/mol. The Labute approximate surface area is 203 Å². The first-order chi connectivity index (χ1) is 17.0. The van der Waals surface area contributed by atoms with E-state index in [-0.39, 0.29) is 11.9 Å².